The molecule has 1 saturated heterocycles. The number of nitrogens with zero attached hydrogens (tertiary/aromatic N) is 2. The number of aromatic nitrogens is 2. The largest absolute Gasteiger partial charge is 0.463 e. The second-order valence-electron chi connectivity index (χ2n) is 6.46. The molecule has 0 aromatic carbocycles. The number of nitrogens with two attached hydrogens (primary N) is 1. The van der Waals surface area contributed by atoms with Crippen molar-refractivity contribution in [1.29, 1.82) is 0 Å². The lowest BCUT2D eigenvalue weighted by atomic mass is 10.1. The number of anilines is 1. The van der Waals surface area contributed by atoms with Crippen molar-refractivity contribution in [2.45, 2.75) is 58.3 Å². The Morgan fingerprint density at radius 3 is 2.48 bits per heavy atom. The smallest absolute Gasteiger partial charge is 0.351 e. The minimum absolute atomic E-state index is 0.152. The molecular formula is C17H23N3O9. The number of ether oxygens (including phenoxy) is 4. The summed E-state index contributed by atoms with van der Waals surface area (Å²) in [4.78, 5) is 49.7. The van der Waals surface area contributed by atoms with E-state index in [2.05, 4.69) is 4.98 Å². The fourth-order valence-corrected chi connectivity index (χ4v) is 2.92. The first-order valence-electron chi connectivity index (χ1n) is 8.71. The summed E-state index contributed by atoms with van der Waals surface area (Å²) in [7, 11) is 0. The van der Waals surface area contributed by atoms with Crippen molar-refractivity contribution in [2.24, 2.45) is 0 Å². The van der Waals surface area contributed by atoms with E-state index in [1.54, 1.807) is 0 Å². The number of aliphatic hydroxyl groups excluding tert-OH is 1. The topological polar surface area (TPSA) is 169 Å². The van der Waals surface area contributed by atoms with Gasteiger partial charge in [0.1, 0.15) is 30.7 Å². The maximum Gasteiger partial charge on any atom is 0.351 e. The predicted octanol–water partition coefficient (Wildman–Crippen LogP) is -0.797. The van der Waals surface area contributed by atoms with Gasteiger partial charge in [-0.3, -0.25) is 19.0 Å². The van der Waals surface area contributed by atoms with Crippen LogP contribution in [0.15, 0.2) is 11.0 Å². The van der Waals surface area contributed by atoms with Crippen molar-refractivity contribution in [3.8, 4) is 0 Å². The van der Waals surface area contributed by atoms with Gasteiger partial charge in [-0.25, -0.2) is 4.79 Å². The lowest BCUT2D eigenvalue weighted by molar-refractivity contribution is -0.157. The summed E-state index contributed by atoms with van der Waals surface area (Å²) in [6, 6.07) is 0. The monoisotopic (exact) mass is 413 g/mol. The van der Waals surface area contributed by atoms with Gasteiger partial charge in [0.2, 0.25) is 0 Å². The van der Waals surface area contributed by atoms with Gasteiger partial charge < -0.3 is 29.8 Å². The molecule has 0 aliphatic carbocycles. The van der Waals surface area contributed by atoms with Gasteiger partial charge in [-0.2, -0.15) is 4.98 Å². The predicted molar refractivity (Wildman–Crippen MR) is 95.2 cm³/mol. The van der Waals surface area contributed by atoms with Crippen LogP contribution in [0.5, 0.6) is 0 Å². The summed E-state index contributed by atoms with van der Waals surface area (Å²) in [5.74, 6) is -2.02. The summed E-state index contributed by atoms with van der Waals surface area (Å²) in [5, 5.41) is 10.6. The molecule has 2 rings (SSSR count). The highest BCUT2D eigenvalue weighted by Gasteiger charge is 2.48. The normalized spacial score (nSPS) is 24.6. The third-order valence-electron chi connectivity index (χ3n) is 4.13. The molecule has 1 aliphatic rings. The molecule has 1 aliphatic heterocycles. The highest BCUT2D eigenvalue weighted by molar-refractivity contribution is 5.67. The summed E-state index contributed by atoms with van der Waals surface area (Å²) in [5.41, 5.74) is 5.12. The van der Waals surface area contributed by atoms with Gasteiger partial charge in [0.15, 0.2) is 12.3 Å². The van der Waals surface area contributed by atoms with Crippen LogP contribution in [-0.4, -0.2) is 57.5 Å². The molecule has 160 valence electrons. The Morgan fingerprint density at radius 1 is 1.28 bits per heavy atom. The van der Waals surface area contributed by atoms with Gasteiger partial charge in [-0.15, -0.1) is 0 Å². The first kappa shape index (κ1) is 22.3. The van der Waals surface area contributed by atoms with Gasteiger partial charge in [-0.1, -0.05) is 0 Å². The second kappa shape index (κ2) is 9.01. The Balaban J connectivity index is 2.38. The number of hydrogen-bond acceptors (Lipinski definition) is 11. The summed E-state index contributed by atoms with van der Waals surface area (Å²) >= 11 is 0. The minimum atomic E-state index is -1.47. The molecule has 0 bridgehead atoms. The zero-order valence-electron chi connectivity index (χ0n) is 16.4. The van der Waals surface area contributed by atoms with E-state index in [1.807, 2.05) is 0 Å². The number of aliphatic hydroxyl groups is 1. The van der Waals surface area contributed by atoms with Crippen LogP contribution in [0.25, 0.3) is 0 Å². The van der Waals surface area contributed by atoms with Gasteiger partial charge in [0.25, 0.3) is 0 Å². The van der Waals surface area contributed by atoms with E-state index < -0.39 is 54.2 Å². The average molecular weight is 413 g/mol. The Hall–Kier alpha value is -2.99. The lowest BCUT2D eigenvalue weighted by Gasteiger charge is -2.21. The molecule has 0 radical (unpaired) electrons. The zero-order chi connectivity index (χ0) is 21.9. The molecule has 5 atom stereocenters. The molecule has 12 heteroatoms. The van der Waals surface area contributed by atoms with E-state index in [9.17, 15) is 24.3 Å². The fourth-order valence-electron chi connectivity index (χ4n) is 2.92. The van der Waals surface area contributed by atoms with Gasteiger partial charge in [0.05, 0.1) is 5.56 Å². The number of esters is 3. The van der Waals surface area contributed by atoms with Crippen LogP contribution >= 0.6 is 0 Å². The molecule has 1 aromatic rings. The van der Waals surface area contributed by atoms with E-state index in [1.165, 1.54) is 27.0 Å². The van der Waals surface area contributed by atoms with Crippen LogP contribution in [0.2, 0.25) is 0 Å². The maximum atomic E-state index is 12.4. The summed E-state index contributed by atoms with van der Waals surface area (Å²) in [6.45, 7) is 4.75. The van der Waals surface area contributed by atoms with Crippen molar-refractivity contribution >= 4 is 23.7 Å². The van der Waals surface area contributed by atoms with Crippen molar-refractivity contribution in [2.75, 3.05) is 12.3 Å². The molecule has 1 fully saturated rings. The van der Waals surface area contributed by atoms with Gasteiger partial charge >= 0.3 is 23.6 Å². The molecular weight excluding hydrogens is 390 g/mol. The van der Waals surface area contributed by atoms with E-state index in [0.29, 0.717) is 0 Å². The quantitative estimate of drug-likeness (QED) is 0.442. The van der Waals surface area contributed by atoms with Crippen LogP contribution in [0.1, 0.15) is 45.6 Å². The highest BCUT2D eigenvalue weighted by atomic mass is 16.6. The van der Waals surface area contributed by atoms with Crippen LogP contribution in [0.4, 0.5) is 5.82 Å². The van der Waals surface area contributed by atoms with Gasteiger partial charge in [0, 0.05) is 27.0 Å². The SMILES string of the molecule is CC(=O)OC[C@H]1O[C@@H](n2cc(C(C)OC(C)=O)c(N)nc2=O)[C@@H](O)[C@@H]1OC(C)=O. The Kier molecular flexibility index (Phi) is 6.93. The van der Waals surface area contributed by atoms with Crippen LogP contribution in [0.3, 0.4) is 0 Å². The molecule has 1 unspecified atom stereocenters. The van der Waals surface area contributed by atoms with Crippen LogP contribution in [-0.2, 0) is 33.3 Å². The average Bonchev–Trinajstić information content (AvgIpc) is 2.88. The Morgan fingerprint density at radius 2 is 1.93 bits per heavy atom. The second-order valence-corrected chi connectivity index (χ2v) is 6.46. The maximum absolute atomic E-state index is 12.4. The van der Waals surface area contributed by atoms with Crippen molar-refractivity contribution in [3.63, 3.8) is 0 Å². The molecule has 0 saturated carbocycles. The zero-order valence-corrected chi connectivity index (χ0v) is 16.4. The van der Waals surface area contributed by atoms with E-state index in [-0.39, 0.29) is 18.0 Å². The Bertz CT molecular complexity index is 853. The van der Waals surface area contributed by atoms with Gasteiger partial charge in [-0.05, 0) is 6.92 Å². The number of rotatable bonds is 6. The molecule has 0 amide bonds. The Labute approximate surface area is 165 Å². The van der Waals surface area contributed by atoms with Crippen molar-refractivity contribution in [1.82, 2.24) is 9.55 Å². The summed E-state index contributed by atoms with van der Waals surface area (Å²) < 4.78 is 21.6. The number of carbonyl (C=O) groups is 3. The first-order valence-corrected chi connectivity index (χ1v) is 8.71. The summed E-state index contributed by atoms with van der Waals surface area (Å²) in [6.07, 6.45) is -4.60. The fraction of sp³-hybridized carbons (Fsp3) is 0.588. The molecule has 29 heavy (non-hydrogen) atoms. The van der Waals surface area contributed by atoms with E-state index >= 15 is 0 Å². The number of nitrogen functional groups attached to an aromatic ring is 1. The lowest BCUT2D eigenvalue weighted by Crippen LogP contribution is -2.39. The minimum Gasteiger partial charge on any atom is -0.463 e. The van der Waals surface area contributed by atoms with E-state index in [4.69, 9.17) is 24.7 Å². The molecule has 12 nitrogen and oxygen atoms in total. The number of hydrogen-bond donors (Lipinski definition) is 2. The molecule has 3 N–H and O–H groups in total. The molecule has 2 heterocycles. The third-order valence-corrected chi connectivity index (χ3v) is 4.13. The first-order chi connectivity index (χ1) is 13.5. The van der Waals surface area contributed by atoms with Crippen molar-refractivity contribution in [3.05, 3.63) is 22.2 Å². The van der Waals surface area contributed by atoms with Crippen LogP contribution in [0, 0.1) is 0 Å². The molecule has 1 aromatic heterocycles. The molecule has 0 spiro atoms. The van der Waals surface area contributed by atoms with Crippen LogP contribution < -0.4 is 11.4 Å². The third kappa shape index (κ3) is 5.29. The highest BCUT2D eigenvalue weighted by Crippen LogP contribution is 2.32. The van der Waals surface area contributed by atoms with E-state index in [0.717, 1.165) is 11.5 Å². The number of carbonyl (C=O) groups excluding carboxylic acids is 3. The standard InChI is InChI=1S/C17H23N3O9/c1-7(27-9(3)22)11-5-20(17(25)19-15(11)18)16-13(24)14(28-10(4)23)12(29-16)6-26-8(2)21/h5,7,12-14,16,24H,6H2,1-4H3,(H2,18,19,25)/t7?,12-,13+,14-,16-/m1/s1. The van der Waals surface area contributed by atoms with Crippen molar-refractivity contribution < 1.29 is 38.4 Å².